The largest absolute Gasteiger partial charge is 0.480 e. The molecule has 0 saturated heterocycles. The van der Waals surface area contributed by atoms with Crippen LogP contribution >= 0.6 is 11.8 Å². The quantitative estimate of drug-likeness (QED) is 0.661. The zero-order chi connectivity index (χ0) is 12.8. The van der Waals surface area contributed by atoms with Gasteiger partial charge in [-0.3, -0.25) is 9.59 Å². The maximum Gasteiger partial charge on any atom is 0.321 e. The average Bonchev–Trinajstić information content (AvgIpc) is 2.63. The molecule has 0 aliphatic heterocycles. The number of carbonyl (C=O) groups excluding carboxylic acids is 1. The molecule has 0 aliphatic rings. The van der Waals surface area contributed by atoms with Gasteiger partial charge in [0.15, 0.2) is 5.82 Å². The van der Waals surface area contributed by atoms with Gasteiger partial charge in [-0.25, -0.2) is 0 Å². The van der Waals surface area contributed by atoms with Crippen LogP contribution in [-0.4, -0.2) is 39.7 Å². The van der Waals surface area contributed by atoms with E-state index in [-0.39, 0.29) is 17.4 Å². The first-order chi connectivity index (χ1) is 7.99. The lowest BCUT2D eigenvalue weighted by atomic mass is 10.4. The van der Waals surface area contributed by atoms with Crippen molar-refractivity contribution in [3.63, 3.8) is 0 Å². The molecule has 1 aromatic heterocycles. The molecule has 8 heteroatoms. The summed E-state index contributed by atoms with van der Waals surface area (Å²) in [4.78, 5) is 21.8. The first-order valence-corrected chi connectivity index (χ1v) is 5.94. The van der Waals surface area contributed by atoms with Crippen LogP contribution in [0.3, 0.4) is 0 Å². The summed E-state index contributed by atoms with van der Waals surface area (Å²) < 4.78 is 4.77. The second-order valence-electron chi connectivity index (χ2n) is 3.33. The number of thioether (sulfide) groups is 1. The van der Waals surface area contributed by atoms with Crippen LogP contribution in [0, 0.1) is 6.92 Å². The van der Waals surface area contributed by atoms with Gasteiger partial charge in [0.05, 0.1) is 5.75 Å². The number of aliphatic carboxylic acids is 1. The van der Waals surface area contributed by atoms with Crippen LogP contribution in [0.5, 0.6) is 0 Å². The molecule has 0 aromatic carbocycles. The minimum atomic E-state index is -1.08. The van der Waals surface area contributed by atoms with E-state index in [1.165, 1.54) is 0 Å². The Hall–Kier alpha value is -1.54. The van der Waals surface area contributed by atoms with Crippen LogP contribution in [0.1, 0.15) is 5.76 Å². The predicted molar refractivity (Wildman–Crippen MR) is 62.8 cm³/mol. The number of rotatable bonds is 6. The number of hydrogen-bond acceptors (Lipinski definition) is 6. The lowest BCUT2D eigenvalue weighted by molar-refractivity contribution is -0.137. The minimum Gasteiger partial charge on any atom is -0.480 e. The third-order valence-electron chi connectivity index (χ3n) is 1.74. The van der Waals surface area contributed by atoms with Crippen LogP contribution in [0.2, 0.25) is 0 Å². The summed E-state index contributed by atoms with van der Waals surface area (Å²) in [5.41, 5.74) is 5.28. The van der Waals surface area contributed by atoms with E-state index in [9.17, 15) is 9.59 Å². The summed E-state index contributed by atoms with van der Waals surface area (Å²) in [6.45, 7) is 1.71. The van der Waals surface area contributed by atoms with E-state index < -0.39 is 12.0 Å². The highest BCUT2D eigenvalue weighted by Crippen LogP contribution is 2.08. The van der Waals surface area contributed by atoms with Crippen LogP contribution in [0.4, 0.5) is 5.82 Å². The molecule has 1 aromatic rings. The Labute approximate surface area is 102 Å². The molecule has 0 bridgehead atoms. The summed E-state index contributed by atoms with van der Waals surface area (Å²) >= 11 is 1.15. The van der Waals surface area contributed by atoms with Crippen molar-refractivity contribution in [1.29, 1.82) is 0 Å². The third kappa shape index (κ3) is 4.87. The van der Waals surface area contributed by atoms with Gasteiger partial charge in [-0.1, -0.05) is 5.16 Å². The highest BCUT2D eigenvalue weighted by molar-refractivity contribution is 8.00. The van der Waals surface area contributed by atoms with Gasteiger partial charge in [-0.2, -0.15) is 0 Å². The minimum absolute atomic E-state index is 0.118. The number of aryl methyl sites for hydroxylation is 1. The van der Waals surface area contributed by atoms with E-state index in [1.807, 2.05) is 0 Å². The first-order valence-electron chi connectivity index (χ1n) is 4.78. The summed E-state index contributed by atoms with van der Waals surface area (Å²) in [5, 5.41) is 14.6. The van der Waals surface area contributed by atoms with Crippen molar-refractivity contribution < 1.29 is 19.2 Å². The van der Waals surface area contributed by atoms with Gasteiger partial charge in [0, 0.05) is 11.8 Å². The first kappa shape index (κ1) is 13.5. The van der Waals surface area contributed by atoms with Gasteiger partial charge in [0.2, 0.25) is 5.91 Å². The molecular formula is C9H13N3O4S. The molecule has 0 fully saturated rings. The normalized spacial score (nSPS) is 12.1. The van der Waals surface area contributed by atoms with Crippen LogP contribution < -0.4 is 11.1 Å². The number of carboxylic acid groups (broad SMARTS) is 1. The molecule has 7 nitrogen and oxygen atoms in total. The highest BCUT2D eigenvalue weighted by Gasteiger charge is 2.12. The number of nitrogens with one attached hydrogen (secondary N) is 1. The van der Waals surface area contributed by atoms with Crippen molar-refractivity contribution in [3.05, 3.63) is 11.8 Å². The molecule has 0 radical (unpaired) electrons. The van der Waals surface area contributed by atoms with Gasteiger partial charge in [-0.05, 0) is 6.92 Å². The van der Waals surface area contributed by atoms with Crippen molar-refractivity contribution in [2.45, 2.75) is 13.0 Å². The van der Waals surface area contributed by atoms with E-state index in [0.29, 0.717) is 11.6 Å². The second-order valence-corrected chi connectivity index (χ2v) is 4.36. The van der Waals surface area contributed by atoms with Gasteiger partial charge >= 0.3 is 5.97 Å². The maximum atomic E-state index is 11.4. The molecule has 0 spiro atoms. The molecule has 94 valence electrons. The van der Waals surface area contributed by atoms with Gasteiger partial charge in [0.25, 0.3) is 0 Å². The van der Waals surface area contributed by atoms with E-state index in [0.717, 1.165) is 11.8 Å². The molecule has 4 N–H and O–H groups in total. The molecule has 0 saturated carbocycles. The van der Waals surface area contributed by atoms with Crippen molar-refractivity contribution in [2.24, 2.45) is 5.73 Å². The summed E-state index contributed by atoms with van der Waals surface area (Å²) in [6.07, 6.45) is 0. The lowest BCUT2D eigenvalue weighted by Gasteiger charge is -2.05. The van der Waals surface area contributed by atoms with Gasteiger partial charge in [0.1, 0.15) is 11.8 Å². The number of aromatic nitrogens is 1. The smallest absolute Gasteiger partial charge is 0.321 e. The van der Waals surface area contributed by atoms with Crippen LogP contribution in [0.15, 0.2) is 10.6 Å². The summed E-state index contributed by atoms with van der Waals surface area (Å²) in [6, 6.07) is 0.632. The standard InChI is InChI=1S/C9H13N3O4S/c1-5-2-7(12-16-5)11-8(13)4-17-3-6(10)9(14)15/h2,6H,3-4,10H2,1H3,(H,14,15)(H,11,12,13). The number of anilines is 1. The number of carbonyl (C=O) groups is 2. The van der Waals surface area contributed by atoms with Crippen molar-refractivity contribution in [1.82, 2.24) is 5.16 Å². The van der Waals surface area contributed by atoms with E-state index in [1.54, 1.807) is 13.0 Å². The number of carboxylic acids is 1. The number of hydrogen-bond donors (Lipinski definition) is 3. The van der Waals surface area contributed by atoms with Crippen molar-refractivity contribution >= 4 is 29.5 Å². The molecule has 1 atom stereocenters. The molecule has 1 unspecified atom stereocenters. The summed E-state index contributed by atoms with van der Waals surface area (Å²) in [5.74, 6) is -0.115. The molecular weight excluding hydrogens is 246 g/mol. The molecule has 0 aliphatic carbocycles. The SMILES string of the molecule is Cc1cc(NC(=O)CSCC(N)C(=O)O)no1. The fourth-order valence-corrected chi connectivity index (χ4v) is 1.73. The molecule has 1 amide bonds. The van der Waals surface area contributed by atoms with E-state index in [2.05, 4.69) is 10.5 Å². The Balaban J connectivity index is 2.24. The zero-order valence-corrected chi connectivity index (χ0v) is 9.99. The van der Waals surface area contributed by atoms with Crippen LogP contribution in [-0.2, 0) is 9.59 Å². The second kappa shape index (κ2) is 6.26. The van der Waals surface area contributed by atoms with Gasteiger partial charge < -0.3 is 20.7 Å². The Morgan fingerprint density at radius 1 is 1.71 bits per heavy atom. The fraction of sp³-hybridized carbons (Fsp3) is 0.444. The van der Waals surface area contributed by atoms with Crippen molar-refractivity contribution in [2.75, 3.05) is 16.8 Å². The topological polar surface area (TPSA) is 118 Å². The third-order valence-corrected chi connectivity index (χ3v) is 2.80. The van der Waals surface area contributed by atoms with E-state index >= 15 is 0 Å². The maximum absolute atomic E-state index is 11.4. The Bertz CT molecular complexity index is 407. The van der Waals surface area contributed by atoms with Crippen molar-refractivity contribution in [3.8, 4) is 0 Å². The Morgan fingerprint density at radius 2 is 2.41 bits per heavy atom. The molecule has 1 rings (SSSR count). The van der Waals surface area contributed by atoms with Gasteiger partial charge in [-0.15, -0.1) is 11.8 Å². The Morgan fingerprint density at radius 3 is 2.94 bits per heavy atom. The summed E-state index contributed by atoms with van der Waals surface area (Å²) in [7, 11) is 0. The zero-order valence-electron chi connectivity index (χ0n) is 9.17. The fourth-order valence-electron chi connectivity index (χ4n) is 0.954. The highest BCUT2D eigenvalue weighted by atomic mass is 32.2. The number of nitrogens with two attached hydrogens (primary N) is 1. The van der Waals surface area contributed by atoms with E-state index in [4.69, 9.17) is 15.4 Å². The molecule has 17 heavy (non-hydrogen) atoms. The Kier molecular flexibility index (Phi) is 4.98. The predicted octanol–water partition coefficient (Wildman–Crippen LogP) is 0.0666. The van der Waals surface area contributed by atoms with Crippen LogP contribution in [0.25, 0.3) is 0 Å². The molecule has 1 heterocycles. The lowest BCUT2D eigenvalue weighted by Crippen LogP contribution is -2.33. The number of amides is 1. The average molecular weight is 259 g/mol. The number of nitrogens with zero attached hydrogens (tertiary/aromatic N) is 1. The monoisotopic (exact) mass is 259 g/mol.